The minimum absolute atomic E-state index is 0.185. The van der Waals surface area contributed by atoms with Gasteiger partial charge in [0.05, 0.1) is 0 Å². The highest BCUT2D eigenvalue weighted by Crippen LogP contribution is 2.20. The third-order valence-electron chi connectivity index (χ3n) is 2.81. The first-order valence-corrected chi connectivity index (χ1v) is 6.98. The highest BCUT2D eigenvalue weighted by atomic mass is 32.2. The number of rotatable bonds is 6. The summed E-state index contributed by atoms with van der Waals surface area (Å²) in [7, 11) is 0. The molecular formula is C14H20OS. The summed E-state index contributed by atoms with van der Waals surface area (Å²) in [6, 6.07) is 8.00. The van der Waals surface area contributed by atoms with Crippen LogP contribution in [0.3, 0.4) is 0 Å². The van der Waals surface area contributed by atoms with E-state index in [2.05, 4.69) is 20.8 Å². The molecule has 0 aromatic heterocycles. The molecule has 0 heterocycles. The topological polar surface area (TPSA) is 17.1 Å². The fourth-order valence-electron chi connectivity index (χ4n) is 1.78. The van der Waals surface area contributed by atoms with E-state index in [9.17, 15) is 4.79 Å². The minimum atomic E-state index is 0.185. The maximum absolute atomic E-state index is 12.1. The molecule has 88 valence electrons. The second-order valence-electron chi connectivity index (χ2n) is 3.84. The van der Waals surface area contributed by atoms with Gasteiger partial charge in [-0.15, -0.1) is 11.8 Å². The summed E-state index contributed by atoms with van der Waals surface area (Å²) in [5.41, 5.74) is 0.856. The average molecular weight is 236 g/mol. The minimum Gasteiger partial charge on any atom is -0.294 e. The normalized spacial score (nSPS) is 10.8. The SMILES string of the molecule is CCSc1ccc(C(=O)C(CC)CC)cc1. The molecule has 0 saturated heterocycles. The Morgan fingerprint density at radius 1 is 1.12 bits per heavy atom. The smallest absolute Gasteiger partial charge is 0.165 e. The highest BCUT2D eigenvalue weighted by Gasteiger charge is 2.15. The molecule has 1 aromatic carbocycles. The molecule has 0 N–H and O–H groups in total. The number of benzene rings is 1. The summed E-state index contributed by atoms with van der Waals surface area (Å²) in [6.45, 7) is 6.29. The van der Waals surface area contributed by atoms with E-state index in [1.807, 2.05) is 24.3 Å². The van der Waals surface area contributed by atoms with E-state index in [0.717, 1.165) is 24.2 Å². The Labute approximate surface area is 103 Å². The summed E-state index contributed by atoms with van der Waals surface area (Å²) >= 11 is 1.80. The third-order valence-corrected chi connectivity index (χ3v) is 3.70. The van der Waals surface area contributed by atoms with Crippen LogP contribution in [0.1, 0.15) is 44.0 Å². The molecule has 0 bridgehead atoms. The van der Waals surface area contributed by atoms with Crippen molar-refractivity contribution in [3.63, 3.8) is 0 Å². The van der Waals surface area contributed by atoms with Crippen LogP contribution in [0.2, 0.25) is 0 Å². The highest BCUT2D eigenvalue weighted by molar-refractivity contribution is 7.99. The number of hydrogen-bond acceptors (Lipinski definition) is 2. The Kier molecular flexibility index (Phi) is 5.61. The van der Waals surface area contributed by atoms with Crippen LogP contribution in [0.15, 0.2) is 29.2 Å². The van der Waals surface area contributed by atoms with Gasteiger partial charge in [-0.05, 0) is 30.7 Å². The molecule has 1 nitrogen and oxygen atoms in total. The van der Waals surface area contributed by atoms with Crippen LogP contribution in [-0.4, -0.2) is 11.5 Å². The maximum atomic E-state index is 12.1. The molecule has 0 aliphatic heterocycles. The van der Waals surface area contributed by atoms with Crippen molar-refractivity contribution < 1.29 is 4.79 Å². The van der Waals surface area contributed by atoms with E-state index in [-0.39, 0.29) is 11.7 Å². The zero-order valence-corrected chi connectivity index (χ0v) is 11.1. The lowest BCUT2D eigenvalue weighted by Gasteiger charge is -2.11. The molecule has 0 unspecified atom stereocenters. The monoisotopic (exact) mass is 236 g/mol. The van der Waals surface area contributed by atoms with Crippen molar-refractivity contribution in [2.24, 2.45) is 5.92 Å². The first-order valence-electron chi connectivity index (χ1n) is 5.99. The van der Waals surface area contributed by atoms with Gasteiger partial charge in [0, 0.05) is 16.4 Å². The van der Waals surface area contributed by atoms with Gasteiger partial charge in [0.1, 0.15) is 0 Å². The largest absolute Gasteiger partial charge is 0.294 e. The Morgan fingerprint density at radius 3 is 2.12 bits per heavy atom. The molecule has 16 heavy (non-hydrogen) atoms. The van der Waals surface area contributed by atoms with Crippen molar-refractivity contribution >= 4 is 17.5 Å². The van der Waals surface area contributed by atoms with Crippen molar-refractivity contribution in [1.29, 1.82) is 0 Å². The zero-order valence-electron chi connectivity index (χ0n) is 10.3. The van der Waals surface area contributed by atoms with E-state index in [4.69, 9.17) is 0 Å². The maximum Gasteiger partial charge on any atom is 0.165 e. The molecular weight excluding hydrogens is 216 g/mol. The first kappa shape index (κ1) is 13.3. The summed E-state index contributed by atoms with van der Waals surface area (Å²) in [5.74, 6) is 1.54. The number of ketones is 1. The van der Waals surface area contributed by atoms with Crippen LogP contribution in [0.4, 0.5) is 0 Å². The first-order chi connectivity index (χ1) is 7.72. The second-order valence-corrected chi connectivity index (χ2v) is 5.17. The summed E-state index contributed by atoms with van der Waals surface area (Å²) < 4.78 is 0. The Hall–Kier alpha value is -0.760. The fraction of sp³-hybridized carbons (Fsp3) is 0.500. The van der Waals surface area contributed by atoms with Gasteiger partial charge in [0.25, 0.3) is 0 Å². The van der Waals surface area contributed by atoms with E-state index in [1.165, 1.54) is 4.90 Å². The molecule has 1 rings (SSSR count). The molecule has 1 aromatic rings. The van der Waals surface area contributed by atoms with E-state index < -0.39 is 0 Å². The van der Waals surface area contributed by atoms with Crippen LogP contribution < -0.4 is 0 Å². The Morgan fingerprint density at radius 2 is 1.69 bits per heavy atom. The van der Waals surface area contributed by atoms with Crippen LogP contribution in [0.5, 0.6) is 0 Å². The summed E-state index contributed by atoms with van der Waals surface area (Å²) in [6.07, 6.45) is 1.86. The van der Waals surface area contributed by atoms with Gasteiger partial charge < -0.3 is 0 Å². The quantitative estimate of drug-likeness (QED) is 0.537. The van der Waals surface area contributed by atoms with Crippen LogP contribution in [0, 0.1) is 5.92 Å². The van der Waals surface area contributed by atoms with Gasteiger partial charge in [-0.1, -0.05) is 32.9 Å². The predicted molar refractivity (Wildman–Crippen MR) is 71.2 cm³/mol. The number of carbonyl (C=O) groups excluding carboxylic acids is 1. The third kappa shape index (κ3) is 3.38. The number of thioether (sulfide) groups is 1. The van der Waals surface area contributed by atoms with Gasteiger partial charge >= 0.3 is 0 Å². The summed E-state index contributed by atoms with van der Waals surface area (Å²) in [4.78, 5) is 13.3. The van der Waals surface area contributed by atoms with Gasteiger partial charge in [0.2, 0.25) is 0 Å². The molecule has 0 aliphatic carbocycles. The summed E-state index contributed by atoms with van der Waals surface area (Å²) in [5, 5.41) is 0. The molecule has 0 saturated carbocycles. The molecule has 0 aliphatic rings. The van der Waals surface area contributed by atoms with Crippen molar-refractivity contribution in [2.75, 3.05) is 5.75 Å². The fourth-order valence-corrected chi connectivity index (χ4v) is 2.44. The molecule has 2 heteroatoms. The second kappa shape index (κ2) is 6.74. The predicted octanol–water partition coefficient (Wildman–Crippen LogP) is 4.42. The van der Waals surface area contributed by atoms with Gasteiger partial charge in [-0.2, -0.15) is 0 Å². The number of hydrogen-bond donors (Lipinski definition) is 0. The van der Waals surface area contributed by atoms with Crippen LogP contribution in [0.25, 0.3) is 0 Å². The lowest BCUT2D eigenvalue weighted by Crippen LogP contribution is -2.12. The molecule has 0 radical (unpaired) electrons. The van der Waals surface area contributed by atoms with Crippen molar-refractivity contribution in [2.45, 2.75) is 38.5 Å². The van der Waals surface area contributed by atoms with E-state index in [1.54, 1.807) is 11.8 Å². The molecule has 0 fully saturated rings. The zero-order chi connectivity index (χ0) is 12.0. The lowest BCUT2D eigenvalue weighted by molar-refractivity contribution is 0.0913. The standard InChI is InChI=1S/C14H20OS/c1-4-11(5-2)14(15)12-7-9-13(10-8-12)16-6-3/h7-11H,4-6H2,1-3H3. The number of Topliss-reactive ketones (excluding diaryl/α,β-unsaturated/α-hetero) is 1. The van der Waals surface area contributed by atoms with Crippen LogP contribution in [-0.2, 0) is 0 Å². The molecule has 0 spiro atoms. The van der Waals surface area contributed by atoms with E-state index >= 15 is 0 Å². The Bertz CT molecular complexity index is 325. The van der Waals surface area contributed by atoms with E-state index in [0.29, 0.717) is 0 Å². The average Bonchev–Trinajstić information content (AvgIpc) is 2.32. The number of carbonyl (C=O) groups is 1. The lowest BCUT2D eigenvalue weighted by atomic mass is 9.93. The Balaban J connectivity index is 2.76. The van der Waals surface area contributed by atoms with Gasteiger partial charge in [-0.3, -0.25) is 4.79 Å². The molecule has 0 atom stereocenters. The van der Waals surface area contributed by atoms with Crippen molar-refractivity contribution in [3.05, 3.63) is 29.8 Å². The van der Waals surface area contributed by atoms with Crippen molar-refractivity contribution in [1.82, 2.24) is 0 Å². The van der Waals surface area contributed by atoms with Crippen LogP contribution >= 0.6 is 11.8 Å². The molecule has 0 amide bonds. The van der Waals surface area contributed by atoms with Gasteiger partial charge in [0.15, 0.2) is 5.78 Å². The van der Waals surface area contributed by atoms with Crippen molar-refractivity contribution in [3.8, 4) is 0 Å². The van der Waals surface area contributed by atoms with Gasteiger partial charge in [-0.25, -0.2) is 0 Å².